The fourth-order valence-corrected chi connectivity index (χ4v) is 3.28. The van der Waals surface area contributed by atoms with E-state index in [0.717, 1.165) is 38.5 Å². The molecule has 9 nitrogen and oxygen atoms in total. The minimum absolute atomic E-state index is 0.0609. The van der Waals surface area contributed by atoms with Crippen LogP contribution in [-0.2, 0) is 14.3 Å². The van der Waals surface area contributed by atoms with Crippen molar-refractivity contribution in [1.82, 2.24) is 20.4 Å². The highest BCUT2D eigenvalue weighted by molar-refractivity contribution is 6.01. The van der Waals surface area contributed by atoms with Crippen molar-refractivity contribution in [3.63, 3.8) is 0 Å². The van der Waals surface area contributed by atoms with Crippen LogP contribution >= 0.6 is 0 Å². The Labute approximate surface area is 141 Å². The lowest BCUT2D eigenvalue weighted by atomic mass is 10.1. The Bertz CT molecular complexity index is 490. The molecule has 0 aromatic heterocycles. The van der Waals surface area contributed by atoms with Gasteiger partial charge in [0.1, 0.15) is 6.10 Å². The molecule has 3 rings (SSSR count). The predicted octanol–water partition coefficient (Wildman–Crippen LogP) is -1.01. The van der Waals surface area contributed by atoms with E-state index >= 15 is 0 Å². The smallest absolute Gasteiger partial charge is 0.324 e. The highest BCUT2D eigenvalue weighted by Crippen LogP contribution is 2.20. The minimum atomic E-state index is -0.332. The number of ether oxygens (including phenoxy) is 2. The third-order valence-corrected chi connectivity index (χ3v) is 4.54. The molecule has 0 aromatic rings. The van der Waals surface area contributed by atoms with Crippen LogP contribution in [0.15, 0.2) is 4.99 Å². The molecule has 2 atom stereocenters. The van der Waals surface area contributed by atoms with E-state index in [1.807, 2.05) is 0 Å². The van der Waals surface area contributed by atoms with E-state index in [-0.39, 0.29) is 30.7 Å². The van der Waals surface area contributed by atoms with Crippen LogP contribution in [0.2, 0.25) is 0 Å². The second-order valence-electron chi connectivity index (χ2n) is 6.08. The van der Waals surface area contributed by atoms with Crippen LogP contribution in [-0.4, -0.2) is 92.9 Å². The quantitative estimate of drug-likeness (QED) is 0.387. The normalized spacial score (nSPS) is 28.5. The molecule has 2 unspecified atom stereocenters. The molecule has 3 amide bonds. The Balaban J connectivity index is 1.48. The number of rotatable bonds is 4. The van der Waals surface area contributed by atoms with Crippen LogP contribution in [0.1, 0.15) is 12.8 Å². The topological polar surface area (TPSA) is 95.5 Å². The van der Waals surface area contributed by atoms with Crippen LogP contribution < -0.4 is 10.6 Å². The molecule has 2 N–H and O–H groups in total. The second kappa shape index (κ2) is 7.80. The van der Waals surface area contributed by atoms with E-state index in [2.05, 4.69) is 20.5 Å². The molecular formula is C15H25N5O4. The summed E-state index contributed by atoms with van der Waals surface area (Å²) in [6.07, 6.45) is 2.35. The van der Waals surface area contributed by atoms with E-state index in [1.54, 1.807) is 7.05 Å². The highest BCUT2D eigenvalue weighted by atomic mass is 16.5. The summed E-state index contributed by atoms with van der Waals surface area (Å²) in [6, 6.07) is -0.332. The lowest BCUT2D eigenvalue weighted by Crippen LogP contribution is -2.54. The van der Waals surface area contributed by atoms with Gasteiger partial charge in [-0.25, -0.2) is 4.79 Å². The molecule has 0 radical (unpaired) electrons. The van der Waals surface area contributed by atoms with Crippen LogP contribution in [0.5, 0.6) is 0 Å². The van der Waals surface area contributed by atoms with Gasteiger partial charge in [0.2, 0.25) is 5.91 Å². The Kier molecular flexibility index (Phi) is 5.52. The zero-order chi connectivity index (χ0) is 16.9. The van der Waals surface area contributed by atoms with E-state index in [9.17, 15) is 9.59 Å². The summed E-state index contributed by atoms with van der Waals surface area (Å²) in [6.45, 7) is 3.80. The van der Waals surface area contributed by atoms with Gasteiger partial charge >= 0.3 is 6.03 Å². The summed E-state index contributed by atoms with van der Waals surface area (Å²) in [7, 11) is 1.73. The number of imide groups is 1. The zero-order valence-electron chi connectivity index (χ0n) is 14.0. The summed E-state index contributed by atoms with van der Waals surface area (Å²) in [4.78, 5) is 30.7. The molecule has 3 fully saturated rings. The maximum atomic E-state index is 11.6. The molecule has 3 heterocycles. The summed E-state index contributed by atoms with van der Waals surface area (Å²) >= 11 is 0. The van der Waals surface area contributed by atoms with Crippen LogP contribution in [0, 0.1) is 0 Å². The maximum absolute atomic E-state index is 11.6. The molecule has 3 saturated heterocycles. The standard InChI is InChI=1S/C15H25N5O4/c1-16-14(17-4-5-20-13(21)9-18-15(20)22)19-6-8-24-12(10-19)11-3-2-7-23-11/h11-12H,2-10H2,1H3,(H,16,17)(H,18,22). The zero-order valence-corrected chi connectivity index (χ0v) is 14.0. The van der Waals surface area contributed by atoms with Gasteiger partial charge in [-0.15, -0.1) is 0 Å². The molecule has 0 aromatic carbocycles. The number of nitrogens with one attached hydrogen (secondary N) is 2. The summed E-state index contributed by atoms with van der Waals surface area (Å²) in [5.41, 5.74) is 0. The van der Waals surface area contributed by atoms with E-state index in [4.69, 9.17) is 9.47 Å². The van der Waals surface area contributed by atoms with Crippen molar-refractivity contribution in [1.29, 1.82) is 0 Å². The molecule has 0 saturated carbocycles. The van der Waals surface area contributed by atoms with Crippen molar-refractivity contribution in [2.45, 2.75) is 25.0 Å². The van der Waals surface area contributed by atoms with Crippen LogP contribution in [0.3, 0.4) is 0 Å². The van der Waals surface area contributed by atoms with Gasteiger partial charge in [-0.1, -0.05) is 0 Å². The monoisotopic (exact) mass is 339 g/mol. The van der Waals surface area contributed by atoms with E-state index in [1.165, 1.54) is 4.90 Å². The Morgan fingerprint density at radius 3 is 2.83 bits per heavy atom. The van der Waals surface area contributed by atoms with Gasteiger partial charge in [-0.2, -0.15) is 0 Å². The largest absolute Gasteiger partial charge is 0.375 e. The Hall–Kier alpha value is -1.87. The fourth-order valence-electron chi connectivity index (χ4n) is 3.28. The maximum Gasteiger partial charge on any atom is 0.324 e. The third kappa shape index (κ3) is 3.78. The molecule has 134 valence electrons. The molecule has 0 aliphatic carbocycles. The Morgan fingerprint density at radius 1 is 1.33 bits per heavy atom. The molecule has 9 heteroatoms. The number of carbonyl (C=O) groups is 2. The average Bonchev–Trinajstić information content (AvgIpc) is 3.24. The van der Waals surface area contributed by atoms with Crippen molar-refractivity contribution in [3.05, 3.63) is 0 Å². The van der Waals surface area contributed by atoms with Crippen molar-refractivity contribution in [3.8, 4) is 0 Å². The molecular weight excluding hydrogens is 314 g/mol. The first-order valence-corrected chi connectivity index (χ1v) is 8.46. The fraction of sp³-hybridized carbons (Fsp3) is 0.800. The SMILES string of the molecule is CN=C(NCCN1C(=O)CNC1=O)N1CCOC(C2CCCO2)C1. The van der Waals surface area contributed by atoms with Crippen molar-refractivity contribution >= 4 is 17.9 Å². The van der Waals surface area contributed by atoms with Crippen molar-refractivity contribution < 1.29 is 19.1 Å². The first kappa shape index (κ1) is 17.0. The van der Waals surface area contributed by atoms with Gasteiger partial charge in [-0.3, -0.25) is 14.7 Å². The predicted molar refractivity (Wildman–Crippen MR) is 86.8 cm³/mol. The second-order valence-corrected chi connectivity index (χ2v) is 6.08. The van der Waals surface area contributed by atoms with Crippen LogP contribution in [0.4, 0.5) is 4.79 Å². The van der Waals surface area contributed by atoms with E-state index in [0.29, 0.717) is 19.7 Å². The lowest BCUT2D eigenvalue weighted by Gasteiger charge is -2.37. The number of guanidine groups is 1. The summed E-state index contributed by atoms with van der Waals surface area (Å²) < 4.78 is 11.6. The number of hydrogen-bond donors (Lipinski definition) is 2. The number of hydrogen-bond acceptors (Lipinski definition) is 5. The molecule has 0 spiro atoms. The molecule has 24 heavy (non-hydrogen) atoms. The van der Waals surface area contributed by atoms with E-state index < -0.39 is 0 Å². The van der Waals surface area contributed by atoms with Gasteiger partial charge in [0.05, 0.1) is 19.3 Å². The lowest BCUT2D eigenvalue weighted by molar-refractivity contribution is -0.124. The number of morpholine rings is 1. The average molecular weight is 339 g/mol. The first-order valence-electron chi connectivity index (χ1n) is 8.46. The Morgan fingerprint density at radius 2 is 2.17 bits per heavy atom. The number of carbonyl (C=O) groups excluding carboxylic acids is 2. The van der Waals surface area contributed by atoms with Gasteiger partial charge < -0.3 is 25.0 Å². The molecule has 0 bridgehead atoms. The number of nitrogens with zero attached hydrogens (tertiary/aromatic N) is 3. The highest BCUT2D eigenvalue weighted by Gasteiger charge is 2.32. The van der Waals surface area contributed by atoms with Gasteiger partial charge in [-0.05, 0) is 12.8 Å². The van der Waals surface area contributed by atoms with Gasteiger partial charge in [0, 0.05) is 39.8 Å². The van der Waals surface area contributed by atoms with Crippen molar-refractivity contribution in [2.24, 2.45) is 4.99 Å². The third-order valence-electron chi connectivity index (χ3n) is 4.54. The number of aliphatic imine (C=N–C) groups is 1. The molecule has 3 aliphatic rings. The van der Waals surface area contributed by atoms with Crippen molar-refractivity contribution in [2.75, 3.05) is 53.0 Å². The number of amides is 3. The van der Waals surface area contributed by atoms with Crippen LogP contribution in [0.25, 0.3) is 0 Å². The molecule has 3 aliphatic heterocycles. The van der Waals surface area contributed by atoms with Gasteiger partial charge in [0.25, 0.3) is 0 Å². The summed E-state index contributed by atoms with van der Waals surface area (Å²) in [5.74, 6) is 0.565. The minimum Gasteiger partial charge on any atom is -0.375 e. The summed E-state index contributed by atoms with van der Waals surface area (Å²) in [5, 5.41) is 5.73. The van der Waals surface area contributed by atoms with Gasteiger partial charge in [0.15, 0.2) is 5.96 Å². The first-order chi connectivity index (χ1) is 11.7. The number of urea groups is 1.